The van der Waals surface area contributed by atoms with Gasteiger partial charge in [-0.15, -0.1) is 0 Å². The second-order valence-corrected chi connectivity index (χ2v) is 12.5. The normalized spacial score (nSPS) is 12.7. The molecule has 0 bridgehead atoms. The van der Waals surface area contributed by atoms with E-state index in [0.29, 0.717) is 11.3 Å². The Balaban J connectivity index is 1.47. The van der Waals surface area contributed by atoms with E-state index >= 15 is 0 Å². The fourth-order valence-electron chi connectivity index (χ4n) is 2.96. The zero-order valence-electron chi connectivity index (χ0n) is 14.6. The maximum atomic E-state index is 12.5. The van der Waals surface area contributed by atoms with Gasteiger partial charge in [0.25, 0.3) is 0 Å². The van der Waals surface area contributed by atoms with Crippen molar-refractivity contribution in [2.45, 2.75) is 11.5 Å². The summed E-state index contributed by atoms with van der Waals surface area (Å²) in [6, 6.07) is 12.8. The van der Waals surface area contributed by atoms with Crippen LogP contribution in [-0.2, 0) is 31.2 Å². The molecule has 2 aromatic carbocycles. The molecule has 146 valence electrons. The molecule has 4 rings (SSSR count). The Morgan fingerprint density at radius 3 is 2.25 bits per heavy atom. The molecule has 0 aliphatic rings. The molecule has 10 heteroatoms. The summed E-state index contributed by atoms with van der Waals surface area (Å²) in [6.45, 7) is 0. The van der Waals surface area contributed by atoms with Crippen LogP contribution in [0.25, 0.3) is 20.2 Å². The molecule has 2 aromatic heterocycles. The highest BCUT2D eigenvalue weighted by atomic mass is 32.2. The predicted molar refractivity (Wildman–Crippen MR) is 114 cm³/mol. The van der Waals surface area contributed by atoms with Gasteiger partial charge in [0.15, 0.2) is 19.7 Å². The van der Waals surface area contributed by atoms with Gasteiger partial charge in [0, 0.05) is 17.0 Å². The first-order valence-electron chi connectivity index (χ1n) is 8.39. The average molecular weight is 453 g/mol. The van der Waals surface area contributed by atoms with Crippen LogP contribution in [0, 0.1) is 0 Å². The van der Waals surface area contributed by atoms with E-state index in [0.717, 1.165) is 20.2 Å². The second kappa shape index (κ2) is 7.51. The molecule has 6 nitrogen and oxygen atoms in total. The number of aromatic nitrogens is 2. The SMILES string of the molecule is O=S(=O)(CCS(=O)(=O)Cc1nsc2ccccc12)Cc1cccc2sncc12. The second-order valence-electron chi connectivity index (χ2n) is 6.46. The van der Waals surface area contributed by atoms with Crippen LogP contribution in [0.4, 0.5) is 0 Å². The average Bonchev–Trinajstić information content (AvgIpc) is 3.28. The van der Waals surface area contributed by atoms with E-state index in [1.165, 1.54) is 23.1 Å². The van der Waals surface area contributed by atoms with Gasteiger partial charge in [0.2, 0.25) is 0 Å². The summed E-state index contributed by atoms with van der Waals surface area (Å²) in [6.07, 6.45) is 1.65. The van der Waals surface area contributed by atoms with Crippen LogP contribution in [0.5, 0.6) is 0 Å². The zero-order chi connectivity index (χ0) is 19.8. The van der Waals surface area contributed by atoms with Crippen molar-refractivity contribution in [3.63, 3.8) is 0 Å². The number of rotatable bonds is 7. The predicted octanol–water partition coefficient (Wildman–Crippen LogP) is 3.44. The minimum absolute atomic E-state index is 0.197. The van der Waals surface area contributed by atoms with E-state index in [1.807, 2.05) is 30.3 Å². The summed E-state index contributed by atoms with van der Waals surface area (Å²) in [7, 11) is -7.18. The number of hydrogen-bond donors (Lipinski definition) is 0. The zero-order valence-corrected chi connectivity index (χ0v) is 17.9. The minimum atomic E-state index is -3.60. The minimum Gasteiger partial charge on any atom is -0.228 e. The van der Waals surface area contributed by atoms with E-state index < -0.39 is 31.2 Å². The molecule has 0 aliphatic carbocycles. The van der Waals surface area contributed by atoms with Gasteiger partial charge in [-0.05, 0) is 40.8 Å². The van der Waals surface area contributed by atoms with E-state index in [2.05, 4.69) is 8.75 Å². The van der Waals surface area contributed by atoms with Gasteiger partial charge in [-0.3, -0.25) is 0 Å². The van der Waals surface area contributed by atoms with Crippen LogP contribution in [0.2, 0.25) is 0 Å². The van der Waals surface area contributed by atoms with Crippen molar-refractivity contribution in [1.29, 1.82) is 0 Å². The molecular formula is C18H16N2O4S4. The van der Waals surface area contributed by atoms with Crippen LogP contribution in [0.15, 0.2) is 48.7 Å². The molecular weight excluding hydrogens is 436 g/mol. The summed E-state index contributed by atoms with van der Waals surface area (Å²) < 4.78 is 60.2. The van der Waals surface area contributed by atoms with E-state index in [9.17, 15) is 16.8 Å². The Morgan fingerprint density at radius 1 is 0.750 bits per heavy atom. The summed E-state index contributed by atoms with van der Waals surface area (Å²) >= 11 is 2.55. The van der Waals surface area contributed by atoms with E-state index in [4.69, 9.17) is 0 Å². The number of hydrogen-bond acceptors (Lipinski definition) is 8. The molecule has 4 aromatic rings. The Bertz CT molecular complexity index is 1350. The number of nitrogens with zero attached hydrogens (tertiary/aromatic N) is 2. The highest BCUT2D eigenvalue weighted by molar-refractivity contribution is 7.94. The van der Waals surface area contributed by atoms with Crippen LogP contribution < -0.4 is 0 Å². The highest BCUT2D eigenvalue weighted by Gasteiger charge is 2.22. The maximum absolute atomic E-state index is 12.5. The molecule has 0 saturated heterocycles. The summed E-state index contributed by atoms with van der Waals surface area (Å²) in [5, 5.41) is 1.60. The molecule has 0 amide bonds. The molecule has 0 aliphatic heterocycles. The Hall–Kier alpha value is -1.88. The van der Waals surface area contributed by atoms with Crippen molar-refractivity contribution in [2.75, 3.05) is 11.5 Å². The van der Waals surface area contributed by atoms with Crippen LogP contribution >= 0.6 is 23.1 Å². The third-order valence-electron chi connectivity index (χ3n) is 4.38. The van der Waals surface area contributed by atoms with E-state index in [-0.39, 0.29) is 11.5 Å². The first kappa shape index (κ1) is 19.4. The third kappa shape index (κ3) is 4.24. The van der Waals surface area contributed by atoms with Crippen LogP contribution in [0.3, 0.4) is 0 Å². The Labute approximate surface area is 171 Å². The maximum Gasteiger partial charge on any atom is 0.157 e. The molecule has 0 saturated carbocycles. The fourth-order valence-corrected chi connectivity index (χ4v) is 8.22. The summed E-state index contributed by atoms with van der Waals surface area (Å²) in [5.41, 5.74) is 1.13. The van der Waals surface area contributed by atoms with Gasteiger partial charge in [-0.1, -0.05) is 30.3 Å². The first-order chi connectivity index (χ1) is 13.3. The van der Waals surface area contributed by atoms with Gasteiger partial charge >= 0.3 is 0 Å². The van der Waals surface area contributed by atoms with Crippen molar-refractivity contribution in [2.24, 2.45) is 0 Å². The number of fused-ring (bicyclic) bond motifs is 2. The fraction of sp³-hybridized carbons (Fsp3) is 0.222. The van der Waals surface area contributed by atoms with Gasteiger partial charge in [0.05, 0.1) is 38.1 Å². The lowest BCUT2D eigenvalue weighted by Gasteiger charge is -2.07. The molecule has 0 fully saturated rings. The lowest BCUT2D eigenvalue weighted by atomic mass is 10.2. The molecule has 0 N–H and O–H groups in total. The van der Waals surface area contributed by atoms with Crippen molar-refractivity contribution >= 4 is 62.9 Å². The molecule has 0 spiro atoms. The quantitative estimate of drug-likeness (QED) is 0.426. The Morgan fingerprint density at radius 2 is 1.43 bits per heavy atom. The van der Waals surface area contributed by atoms with Crippen molar-refractivity contribution in [3.8, 4) is 0 Å². The summed E-state index contributed by atoms with van der Waals surface area (Å²) in [4.78, 5) is 0. The molecule has 0 radical (unpaired) electrons. The topological polar surface area (TPSA) is 94.1 Å². The van der Waals surface area contributed by atoms with Crippen molar-refractivity contribution in [3.05, 3.63) is 59.9 Å². The first-order valence-corrected chi connectivity index (χ1v) is 13.6. The van der Waals surface area contributed by atoms with Gasteiger partial charge in [-0.25, -0.2) is 16.8 Å². The van der Waals surface area contributed by atoms with Gasteiger partial charge in [-0.2, -0.15) is 8.75 Å². The molecule has 28 heavy (non-hydrogen) atoms. The lowest BCUT2D eigenvalue weighted by molar-refractivity contribution is 0.586. The molecule has 0 unspecified atom stereocenters. The van der Waals surface area contributed by atoms with Crippen LogP contribution in [0.1, 0.15) is 11.3 Å². The van der Waals surface area contributed by atoms with Gasteiger partial charge in [0.1, 0.15) is 0 Å². The standard InChI is InChI=1S/C18H16N2O4S4/c21-27(22,11-13-4-3-7-18-15(13)10-19-25-18)8-9-28(23,24)12-16-14-5-1-2-6-17(14)26-20-16/h1-7,10H,8-9,11-12H2. The summed E-state index contributed by atoms with van der Waals surface area (Å²) in [5.74, 6) is -1.28. The lowest BCUT2D eigenvalue weighted by Crippen LogP contribution is -2.20. The van der Waals surface area contributed by atoms with Gasteiger partial charge < -0.3 is 0 Å². The monoisotopic (exact) mass is 452 g/mol. The molecule has 0 atom stereocenters. The van der Waals surface area contributed by atoms with E-state index in [1.54, 1.807) is 18.3 Å². The van der Waals surface area contributed by atoms with Crippen molar-refractivity contribution < 1.29 is 16.8 Å². The third-order valence-corrected chi connectivity index (χ3v) is 9.38. The number of sulfone groups is 2. The molecule has 2 heterocycles. The smallest absolute Gasteiger partial charge is 0.157 e. The largest absolute Gasteiger partial charge is 0.228 e. The van der Waals surface area contributed by atoms with Crippen molar-refractivity contribution in [1.82, 2.24) is 8.75 Å². The number of benzene rings is 2. The van der Waals surface area contributed by atoms with Crippen LogP contribution in [-0.4, -0.2) is 37.1 Å². The Kier molecular flexibility index (Phi) is 5.21. The highest BCUT2D eigenvalue weighted by Crippen LogP contribution is 2.25.